The summed E-state index contributed by atoms with van der Waals surface area (Å²) in [6.45, 7) is 0. The molecule has 5 nitrogen and oxygen atoms in total. The van der Waals surface area contributed by atoms with Gasteiger partial charge in [-0.15, -0.1) is 0 Å². The summed E-state index contributed by atoms with van der Waals surface area (Å²) in [6.07, 6.45) is 1.68. The molecular formula is C12H12N2O3. The molecule has 1 aliphatic carbocycles. The van der Waals surface area contributed by atoms with Gasteiger partial charge < -0.3 is 10.2 Å². The molecule has 5 heteroatoms. The Kier molecular flexibility index (Phi) is 2.00. The van der Waals surface area contributed by atoms with Crippen LogP contribution in [0.2, 0.25) is 0 Å². The molecule has 1 saturated carbocycles. The number of carbonyl (C=O) groups is 1. The molecule has 0 spiro atoms. The SMILES string of the molecule is O=C(O)C1(c2cccc3cn[nH]c23)CC(O)C1. The number of carboxylic acid groups (broad SMARTS) is 1. The molecule has 1 aliphatic rings. The number of rotatable bonds is 2. The van der Waals surface area contributed by atoms with Crippen LogP contribution in [0.3, 0.4) is 0 Å². The quantitative estimate of drug-likeness (QED) is 0.722. The van der Waals surface area contributed by atoms with E-state index in [4.69, 9.17) is 0 Å². The van der Waals surface area contributed by atoms with Crippen LogP contribution < -0.4 is 0 Å². The molecule has 1 aromatic carbocycles. The molecule has 1 heterocycles. The second-order valence-electron chi connectivity index (χ2n) is 4.59. The molecule has 0 atom stereocenters. The molecule has 88 valence electrons. The fourth-order valence-electron chi connectivity index (χ4n) is 2.62. The lowest BCUT2D eigenvalue weighted by molar-refractivity contribution is -0.152. The number of fused-ring (bicyclic) bond motifs is 1. The van der Waals surface area contributed by atoms with Gasteiger partial charge in [-0.1, -0.05) is 18.2 Å². The monoisotopic (exact) mass is 232 g/mol. The average Bonchev–Trinajstić information content (AvgIpc) is 2.71. The van der Waals surface area contributed by atoms with Gasteiger partial charge in [0.2, 0.25) is 0 Å². The zero-order valence-corrected chi connectivity index (χ0v) is 9.05. The number of H-pyrrole nitrogens is 1. The first-order valence-electron chi connectivity index (χ1n) is 5.47. The van der Waals surface area contributed by atoms with Crippen molar-refractivity contribution in [2.24, 2.45) is 0 Å². The van der Waals surface area contributed by atoms with Crippen molar-refractivity contribution in [1.82, 2.24) is 10.2 Å². The summed E-state index contributed by atoms with van der Waals surface area (Å²) in [5, 5.41) is 26.5. The molecular weight excluding hydrogens is 220 g/mol. The van der Waals surface area contributed by atoms with Crippen molar-refractivity contribution in [2.45, 2.75) is 24.4 Å². The van der Waals surface area contributed by atoms with Crippen molar-refractivity contribution >= 4 is 16.9 Å². The zero-order chi connectivity index (χ0) is 12.0. The van der Waals surface area contributed by atoms with Crippen molar-refractivity contribution in [3.8, 4) is 0 Å². The largest absolute Gasteiger partial charge is 0.481 e. The molecule has 17 heavy (non-hydrogen) atoms. The van der Waals surface area contributed by atoms with Gasteiger partial charge in [-0.25, -0.2) is 0 Å². The smallest absolute Gasteiger partial charge is 0.314 e. The highest BCUT2D eigenvalue weighted by molar-refractivity contribution is 5.91. The van der Waals surface area contributed by atoms with E-state index in [9.17, 15) is 15.0 Å². The minimum atomic E-state index is -0.967. The molecule has 1 fully saturated rings. The summed E-state index contributed by atoms with van der Waals surface area (Å²) in [5.74, 6) is -0.884. The number of aliphatic hydroxyl groups is 1. The Morgan fingerprint density at radius 2 is 2.24 bits per heavy atom. The number of hydrogen-bond acceptors (Lipinski definition) is 3. The number of hydrogen-bond donors (Lipinski definition) is 3. The number of aromatic amines is 1. The van der Waals surface area contributed by atoms with Crippen LogP contribution in [-0.2, 0) is 10.2 Å². The third-order valence-electron chi connectivity index (χ3n) is 3.57. The van der Waals surface area contributed by atoms with Crippen LogP contribution in [0.1, 0.15) is 18.4 Å². The zero-order valence-electron chi connectivity index (χ0n) is 9.05. The van der Waals surface area contributed by atoms with E-state index in [0.717, 1.165) is 10.9 Å². The van der Waals surface area contributed by atoms with E-state index in [2.05, 4.69) is 10.2 Å². The second-order valence-corrected chi connectivity index (χ2v) is 4.59. The predicted molar refractivity (Wildman–Crippen MR) is 60.6 cm³/mol. The topological polar surface area (TPSA) is 86.2 Å². The Morgan fingerprint density at radius 1 is 1.47 bits per heavy atom. The Morgan fingerprint density at radius 3 is 2.88 bits per heavy atom. The molecule has 2 aromatic rings. The van der Waals surface area contributed by atoms with Crippen molar-refractivity contribution in [3.63, 3.8) is 0 Å². The van der Waals surface area contributed by atoms with Crippen LogP contribution in [0.25, 0.3) is 10.9 Å². The third kappa shape index (κ3) is 1.29. The number of nitrogens with zero attached hydrogens (tertiary/aromatic N) is 1. The van der Waals surface area contributed by atoms with Crippen LogP contribution >= 0.6 is 0 Å². The summed E-state index contributed by atoms with van der Waals surface area (Å²) >= 11 is 0. The Labute approximate surface area is 97.1 Å². The fourth-order valence-corrected chi connectivity index (χ4v) is 2.62. The highest BCUT2D eigenvalue weighted by Gasteiger charge is 2.52. The molecule has 1 aromatic heterocycles. The molecule has 3 rings (SSSR count). The minimum absolute atomic E-state index is 0.264. The summed E-state index contributed by atoms with van der Waals surface area (Å²) < 4.78 is 0. The van der Waals surface area contributed by atoms with Gasteiger partial charge in [-0.3, -0.25) is 9.89 Å². The first-order chi connectivity index (χ1) is 8.13. The van der Waals surface area contributed by atoms with Gasteiger partial charge in [-0.2, -0.15) is 5.10 Å². The predicted octanol–water partition coefficient (Wildman–Crippen LogP) is 1.04. The first kappa shape index (κ1) is 10.3. The molecule has 0 bridgehead atoms. The highest BCUT2D eigenvalue weighted by atomic mass is 16.4. The Bertz CT molecular complexity index is 584. The van der Waals surface area contributed by atoms with Crippen molar-refractivity contribution in [1.29, 1.82) is 0 Å². The maximum atomic E-state index is 11.5. The maximum absolute atomic E-state index is 11.5. The molecule has 0 aliphatic heterocycles. The van der Waals surface area contributed by atoms with E-state index in [0.29, 0.717) is 5.56 Å². The van der Waals surface area contributed by atoms with Crippen LogP contribution in [0, 0.1) is 0 Å². The first-order valence-corrected chi connectivity index (χ1v) is 5.47. The van der Waals surface area contributed by atoms with E-state index in [1.807, 2.05) is 12.1 Å². The number of benzene rings is 1. The van der Waals surface area contributed by atoms with Gasteiger partial charge in [0.1, 0.15) is 0 Å². The van der Waals surface area contributed by atoms with Crippen molar-refractivity contribution in [3.05, 3.63) is 30.0 Å². The highest BCUT2D eigenvalue weighted by Crippen LogP contribution is 2.46. The van der Waals surface area contributed by atoms with E-state index >= 15 is 0 Å². The van der Waals surface area contributed by atoms with Crippen LogP contribution in [0.15, 0.2) is 24.4 Å². The van der Waals surface area contributed by atoms with Crippen LogP contribution in [0.4, 0.5) is 0 Å². The third-order valence-corrected chi connectivity index (χ3v) is 3.57. The summed E-state index contributed by atoms with van der Waals surface area (Å²) in [6, 6.07) is 5.50. The molecule has 0 unspecified atom stereocenters. The summed E-state index contributed by atoms with van der Waals surface area (Å²) in [5.41, 5.74) is 0.498. The molecule has 3 N–H and O–H groups in total. The van der Waals surface area contributed by atoms with Gasteiger partial charge in [0.05, 0.1) is 23.2 Å². The molecule has 0 amide bonds. The van der Waals surface area contributed by atoms with E-state index < -0.39 is 17.5 Å². The Balaban J connectivity index is 2.20. The lowest BCUT2D eigenvalue weighted by atomic mass is 9.62. The maximum Gasteiger partial charge on any atom is 0.314 e. The number of carboxylic acids is 1. The van der Waals surface area contributed by atoms with E-state index in [1.165, 1.54) is 0 Å². The lowest BCUT2D eigenvalue weighted by Gasteiger charge is -2.42. The Hall–Kier alpha value is -1.88. The standard InChI is InChI=1S/C12H12N2O3/c15-8-4-12(5-8,11(16)17)9-3-1-2-7-6-13-14-10(7)9/h1-3,6,8,15H,4-5H2,(H,13,14)(H,16,17). The average molecular weight is 232 g/mol. The number of nitrogens with one attached hydrogen (secondary N) is 1. The van der Waals surface area contributed by atoms with Crippen molar-refractivity contribution < 1.29 is 15.0 Å². The minimum Gasteiger partial charge on any atom is -0.481 e. The number of aliphatic carboxylic acids is 1. The van der Waals surface area contributed by atoms with Gasteiger partial charge in [0.25, 0.3) is 0 Å². The van der Waals surface area contributed by atoms with Gasteiger partial charge in [-0.05, 0) is 18.4 Å². The van der Waals surface area contributed by atoms with Gasteiger partial charge in [0, 0.05) is 5.39 Å². The summed E-state index contributed by atoms with van der Waals surface area (Å²) in [7, 11) is 0. The number of aromatic nitrogens is 2. The van der Waals surface area contributed by atoms with Crippen LogP contribution in [-0.4, -0.2) is 32.5 Å². The summed E-state index contributed by atoms with van der Waals surface area (Å²) in [4.78, 5) is 11.5. The van der Waals surface area contributed by atoms with Crippen molar-refractivity contribution in [2.75, 3.05) is 0 Å². The van der Waals surface area contributed by atoms with Gasteiger partial charge in [0.15, 0.2) is 0 Å². The lowest BCUT2D eigenvalue weighted by Crippen LogP contribution is -2.50. The van der Waals surface area contributed by atoms with E-state index in [-0.39, 0.29) is 12.8 Å². The number of aliphatic hydroxyl groups excluding tert-OH is 1. The molecule has 0 radical (unpaired) electrons. The second kappa shape index (κ2) is 3.30. The normalized spacial score (nSPS) is 27.9. The van der Waals surface area contributed by atoms with Crippen LogP contribution in [0.5, 0.6) is 0 Å². The van der Waals surface area contributed by atoms with Gasteiger partial charge >= 0.3 is 5.97 Å². The fraction of sp³-hybridized carbons (Fsp3) is 0.333. The molecule has 0 saturated heterocycles. The van der Waals surface area contributed by atoms with E-state index in [1.54, 1.807) is 12.3 Å². The number of para-hydroxylation sites is 1.